The largest absolute Gasteiger partial charge is 0.398 e. The maximum Gasteiger partial charge on any atom is 0.123 e. The Kier molecular flexibility index (Phi) is 3.44. The first-order valence-corrected chi connectivity index (χ1v) is 5.91. The number of halogens is 1. The molecule has 0 radical (unpaired) electrons. The Bertz CT molecular complexity index is 357. The predicted octanol–water partition coefficient (Wildman–Crippen LogP) is 2.64. The van der Waals surface area contributed by atoms with Gasteiger partial charge in [0.1, 0.15) is 5.82 Å². The molecule has 1 aromatic rings. The highest BCUT2D eigenvalue weighted by molar-refractivity contribution is 5.46. The zero-order valence-corrected chi connectivity index (χ0v) is 9.75. The molecule has 0 saturated carbocycles. The molecule has 2 N–H and O–H groups in total. The second-order valence-electron chi connectivity index (χ2n) is 4.80. The number of anilines is 1. The molecule has 1 saturated heterocycles. The fourth-order valence-electron chi connectivity index (χ4n) is 2.17. The minimum atomic E-state index is -0.199. The normalized spacial score (nSPS) is 18.9. The van der Waals surface area contributed by atoms with E-state index in [1.54, 1.807) is 12.1 Å². The molecular formula is C13H19FN2. The quantitative estimate of drug-likeness (QED) is 0.779. The van der Waals surface area contributed by atoms with E-state index in [-0.39, 0.29) is 5.82 Å². The van der Waals surface area contributed by atoms with E-state index in [1.807, 2.05) is 0 Å². The van der Waals surface area contributed by atoms with Gasteiger partial charge in [0.25, 0.3) is 0 Å². The van der Waals surface area contributed by atoms with Crippen LogP contribution in [0.25, 0.3) is 0 Å². The third kappa shape index (κ3) is 2.73. The lowest BCUT2D eigenvalue weighted by molar-refractivity contribution is 0.185. The fourth-order valence-corrected chi connectivity index (χ4v) is 2.17. The molecule has 1 aliphatic rings. The molecule has 0 spiro atoms. The lowest BCUT2D eigenvalue weighted by atomic mass is 9.99. The molecule has 1 fully saturated rings. The highest BCUT2D eigenvalue weighted by atomic mass is 19.1. The van der Waals surface area contributed by atoms with Crippen LogP contribution in [0.5, 0.6) is 0 Å². The highest BCUT2D eigenvalue weighted by Crippen LogP contribution is 2.21. The Morgan fingerprint density at radius 2 is 2.06 bits per heavy atom. The Labute approximate surface area is 96.2 Å². The first-order valence-electron chi connectivity index (χ1n) is 5.91. The van der Waals surface area contributed by atoms with Crippen molar-refractivity contribution in [1.29, 1.82) is 0 Å². The molecular weight excluding hydrogens is 203 g/mol. The second-order valence-corrected chi connectivity index (χ2v) is 4.80. The monoisotopic (exact) mass is 222 g/mol. The lowest BCUT2D eigenvalue weighted by Crippen LogP contribution is -2.32. The summed E-state index contributed by atoms with van der Waals surface area (Å²) in [5.74, 6) is 0.621. The van der Waals surface area contributed by atoms with Crippen molar-refractivity contribution in [1.82, 2.24) is 4.90 Å². The smallest absolute Gasteiger partial charge is 0.123 e. The van der Waals surface area contributed by atoms with Gasteiger partial charge >= 0.3 is 0 Å². The van der Waals surface area contributed by atoms with E-state index in [1.165, 1.54) is 18.9 Å². The van der Waals surface area contributed by atoms with E-state index in [0.717, 1.165) is 31.1 Å². The number of likely N-dealkylation sites (tertiary alicyclic amines) is 1. The van der Waals surface area contributed by atoms with Crippen LogP contribution in [0.2, 0.25) is 0 Å². The third-order valence-corrected chi connectivity index (χ3v) is 3.38. The number of hydrogen-bond acceptors (Lipinski definition) is 2. The van der Waals surface area contributed by atoms with Gasteiger partial charge in [0, 0.05) is 12.2 Å². The van der Waals surface area contributed by atoms with Gasteiger partial charge in [-0.25, -0.2) is 4.39 Å². The summed E-state index contributed by atoms with van der Waals surface area (Å²) in [6, 6.07) is 4.61. The highest BCUT2D eigenvalue weighted by Gasteiger charge is 2.16. The minimum Gasteiger partial charge on any atom is -0.398 e. The Balaban J connectivity index is 2.00. The van der Waals surface area contributed by atoms with Crippen LogP contribution in [0, 0.1) is 11.7 Å². The number of piperidine rings is 1. The van der Waals surface area contributed by atoms with Crippen molar-refractivity contribution in [3.8, 4) is 0 Å². The first-order chi connectivity index (χ1) is 7.65. The number of nitrogen functional groups attached to an aromatic ring is 1. The number of nitrogens with zero attached hydrogens (tertiary/aromatic N) is 1. The average molecular weight is 222 g/mol. The molecule has 3 heteroatoms. The van der Waals surface area contributed by atoms with Crippen LogP contribution in [-0.2, 0) is 6.54 Å². The van der Waals surface area contributed by atoms with Gasteiger partial charge < -0.3 is 5.73 Å². The van der Waals surface area contributed by atoms with Gasteiger partial charge in [-0.2, -0.15) is 0 Å². The Morgan fingerprint density at radius 3 is 2.75 bits per heavy atom. The molecule has 2 rings (SSSR count). The van der Waals surface area contributed by atoms with Crippen LogP contribution < -0.4 is 5.73 Å². The van der Waals surface area contributed by atoms with Crippen molar-refractivity contribution in [2.75, 3.05) is 18.8 Å². The molecule has 1 aromatic carbocycles. The number of nitrogens with two attached hydrogens (primary N) is 1. The summed E-state index contributed by atoms with van der Waals surface area (Å²) in [6.07, 6.45) is 2.46. The van der Waals surface area contributed by atoms with Gasteiger partial charge in [-0.3, -0.25) is 4.90 Å². The molecule has 1 aliphatic heterocycles. The van der Waals surface area contributed by atoms with Gasteiger partial charge in [0.15, 0.2) is 0 Å². The van der Waals surface area contributed by atoms with E-state index in [4.69, 9.17) is 5.73 Å². The molecule has 16 heavy (non-hydrogen) atoms. The third-order valence-electron chi connectivity index (χ3n) is 3.38. The van der Waals surface area contributed by atoms with E-state index in [2.05, 4.69) is 11.8 Å². The average Bonchev–Trinajstić information content (AvgIpc) is 2.27. The van der Waals surface area contributed by atoms with Crippen molar-refractivity contribution >= 4 is 5.69 Å². The van der Waals surface area contributed by atoms with E-state index in [0.29, 0.717) is 5.69 Å². The summed E-state index contributed by atoms with van der Waals surface area (Å²) in [7, 11) is 0. The fraction of sp³-hybridized carbons (Fsp3) is 0.538. The van der Waals surface area contributed by atoms with Crippen LogP contribution in [0.3, 0.4) is 0 Å². The molecule has 0 atom stereocenters. The zero-order chi connectivity index (χ0) is 11.5. The summed E-state index contributed by atoms with van der Waals surface area (Å²) in [6.45, 7) is 5.25. The van der Waals surface area contributed by atoms with Gasteiger partial charge in [0.2, 0.25) is 0 Å². The van der Waals surface area contributed by atoms with Crippen molar-refractivity contribution in [3.05, 3.63) is 29.6 Å². The standard InChI is InChI=1S/C13H19FN2/c1-10-4-6-16(7-5-10)9-11-8-12(14)2-3-13(11)15/h2-3,8,10H,4-7,9,15H2,1H3. The van der Waals surface area contributed by atoms with Crippen molar-refractivity contribution in [2.24, 2.45) is 5.92 Å². The number of rotatable bonds is 2. The topological polar surface area (TPSA) is 29.3 Å². The Morgan fingerprint density at radius 1 is 1.38 bits per heavy atom. The minimum absolute atomic E-state index is 0.199. The Hall–Kier alpha value is -1.09. The van der Waals surface area contributed by atoms with Gasteiger partial charge in [-0.15, -0.1) is 0 Å². The first kappa shape index (κ1) is 11.4. The van der Waals surface area contributed by atoms with Gasteiger partial charge in [0.05, 0.1) is 0 Å². The van der Waals surface area contributed by atoms with E-state index in [9.17, 15) is 4.39 Å². The van der Waals surface area contributed by atoms with Crippen molar-refractivity contribution < 1.29 is 4.39 Å². The molecule has 88 valence electrons. The number of benzene rings is 1. The molecule has 0 unspecified atom stereocenters. The van der Waals surface area contributed by atoms with Crippen LogP contribution in [0.15, 0.2) is 18.2 Å². The summed E-state index contributed by atoms with van der Waals surface area (Å²) < 4.78 is 13.1. The summed E-state index contributed by atoms with van der Waals surface area (Å²) in [5, 5.41) is 0. The summed E-state index contributed by atoms with van der Waals surface area (Å²) >= 11 is 0. The van der Waals surface area contributed by atoms with Gasteiger partial charge in [-0.05, 0) is 55.6 Å². The molecule has 0 aromatic heterocycles. The zero-order valence-electron chi connectivity index (χ0n) is 9.75. The van der Waals surface area contributed by atoms with Crippen molar-refractivity contribution in [2.45, 2.75) is 26.3 Å². The summed E-state index contributed by atoms with van der Waals surface area (Å²) in [5.41, 5.74) is 7.45. The molecule has 1 heterocycles. The van der Waals surface area contributed by atoms with Crippen LogP contribution in [0.4, 0.5) is 10.1 Å². The van der Waals surface area contributed by atoms with Gasteiger partial charge in [-0.1, -0.05) is 6.92 Å². The maximum atomic E-state index is 13.1. The maximum absolute atomic E-state index is 13.1. The van der Waals surface area contributed by atoms with Crippen LogP contribution >= 0.6 is 0 Å². The molecule has 0 bridgehead atoms. The van der Waals surface area contributed by atoms with Crippen LogP contribution in [-0.4, -0.2) is 18.0 Å². The lowest BCUT2D eigenvalue weighted by Gasteiger charge is -2.30. The van der Waals surface area contributed by atoms with Crippen molar-refractivity contribution in [3.63, 3.8) is 0 Å². The second kappa shape index (κ2) is 4.83. The SMILES string of the molecule is CC1CCN(Cc2cc(F)ccc2N)CC1. The molecule has 2 nitrogen and oxygen atoms in total. The van der Waals surface area contributed by atoms with Crippen LogP contribution in [0.1, 0.15) is 25.3 Å². The molecule has 0 amide bonds. The number of hydrogen-bond donors (Lipinski definition) is 1. The van der Waals surface area contributed by atoms with E-state index >= 15 is 0 Å². The molecule has 0 aliphatic carbocycles. The summed E-state index contributed by atoms with van der Waals surface area (Å²) in [4.78, 5) is 2.35. The van der Waals surface area contributed by atoms with E-state index < -0.39 is 0 Å². The predicted molar refractivity (Wildman–Crippen MR) is 64.5 cm³/mol.